The SMILES string of the molecule is Nc1nc2c(ncn2[C@H]2C[C@H](O)[C@@H](COP(=O)(O)NP(=O)(O)OP(=O)(O)O)O2)c(=O)[nH]1. The van der Waals surface area contributed by atoms with Gasteiger partial charge in [-0.3, -0.25) is 18.9 Å². The van der Waals surface area contributed by atoms with E-state index in [2.05, 4.69) is 23.8 Å². The van der Waals surface area contributed by atoms with Gasteiger partial charge >= 0.3 is 23.3 Å². The van der Waals surface area contributed by atoms with Crippen molar-refractivity contribution in [2.24, 2.45) is 0 Å². The third-order valence-electron chi connectivity index (χ3n) is 3.85. The van der Waals surface area contributed by atoms with E-state index in [4.69, 9.17) is 20.3 Å². The molecule has 31 heavy (non-hydrogen) atoms. The number of imidazole rings is 1. The number of H-pyrrole nitrogens is 1. The molecule has 0 aliphatic carbocycles. The topological polar surface area (TPSA) is 282 Å². The van der Waals surface area contributed by atoms with Crippen LogP contribution in [-0.4, -0.2) is 63.0 Å². The lowest BCUT2D eigenvalue weighted by molar-refractivity contribution is -0.0398. The molecule has 18 nitrogen and oxygen atoms in total. The van der Waals surface area contributed by atoms with Gasteiger partial charge in [0.1, 0.15) is 12.3 Å². The van der Waals surface area contributed by atoms with E-state index in [1.165, 1.54) is 10.9 Å². The van der Waals surface area contributed by atoms with Crippen molar-refractivity contribution in [3.05, 3.63) is 16.7 Å². The Balaban J connectivity index is 1.67. The van der Waals surface area contributed by atoms with Crippen LogP contribution in [0.5, 0.6) is 0 Å². The van der Waals surface area contributed by atoms with Crippen molar-refractivity contribution in [1.82, 2.24) is 24.4 Å². The highest BCUT2D eigenvalue weighted by molar-refractivity contribution is 7.70. The van der Waals surface area contributed by atoms with Crippen molar-refractivity contribution < 1.29 is 51.9 Å². The summed E-state index contributed by atoms with van der Waals surface area (Å²) in [4.78, 5) is 58.9. The molecule has 2 unspecified atom stereocenters. The van der Waals surface area contributed by atoms with Crippen LogP contribution in [0.4, 0.5) is 5.95 Å². The van der Waals surface area contributed by atoms with E-state index >= 15 is 0 Å². The number of nitrogens with two attached hydrogens (primary N) is 1. The van der Waals surface area contributed by atoms with Crippen LogP contribution in [0, 0.1) is 0 Å². The van der Waals surface area contributed by atoms with Gasteiger partial charge in [-0.15, -0.1) is 4.86 Å². The Labute approximate surface area is 171 Å². The number of hydrogen-bond acceptors (Lipinski definition) is 11. The fourth-order valence-corrected chi connectivity index (χ4v) is 6.20. The molecule has 1 aliphatic rings. The van der Waals surface area contributed by atoms with Gasteiger partial charge in [-0.05, 0) is 0 Å². The number of nitrogen functional groups attached to an aromatic ring is 1. The minimum Gasteiger partial charge on any atom is -0.390 e. The van der Waals surface area contributed by atoms with Gasteiger partial charge < -0.3 is 35.2 Å². The molecule has 0 bridgehead atoms. The maximum absolute atomic E-state index is 11.9. The largest absolute Gasteiger partial charge is 0.477 e. The van der Waals surface area contributed by atoms with Crippen molar-refractivity contribution in [3.8, 4) is 0 Å². The summed E-state index contributed by atoms with van der Waals surface area (Å²) in [5.41, 5.74) is 4.92. The van der Waals surface area contributed by atoms with E-state index in [0.717, 1.165) is 4.86 Å². The van der Waals surface area contributed by atoms with E-state index in [1.54, 1.807) is 0 Å². The summed E-state index contributed by atoms with van der Waals surface area (Å²) < 4.78 is 48.9. The van der Waals surface area contributed by atoms with E-state index in [9.17, 15) is 33.4 Å². The second-order valence-corrected chi connectivity index (χ2v) is 11.0. The summed E-state index contributed by atoms with van der Waals surface area (Å²) in [6.07, 6.45) is -2.24. The number of aromatic amines is 1. The van der Waals surface area contributed by atoms with Gasteiger partial charge in [0.05, 0.1) is 19.0 Å². The van der Waals surface area contributed by atoms with Gasteiger partial charge in [-0.2, -0.15) is 9.29 Å². The highest BCUT2D eigenvalue weighted by atomic mass is 31.3. The minimum absolute atomic E-state index is 0.0418. The third kappa shape index (κ3) is 6.04. The zero-order chi connectivity index (χ0) is 23.2. The molecule has 3 rings (SSSR count). The number of nitrogens with zero attached hydrogens (tertiary/aromatic N) is 3. The molecule has 3 heterocycles. The van der Waals surface area contributed by atoms with Gasteiger partial charge in [-0.1, -0.05) is 0 Å². The molecular weight excluding hydrogens is 489 g/mol. The van der Waals surface area contributed by atoms with Crippen molar-refractivity contribution in [3.63, 3.8) is 0 Å². The number of rotatable bonds is 8. The Hall–Kier alpha value is -1.52. The zero-order valence-corrected chi connectivity index (χ0v) is 17.8. The second kappa shape index (κ2) is 8.44. The first-order valence-corrected chi connectivity index (χ1v) is 12.8. The standard InChI is InChI=1S/C10H17N6O12P3/c11-10-13-8-7(9(18)14-10)12-3-16(8)6-1-4(17)5(27-6)2-26-29(19,20)15-30(21,22)28-31(23,24)25/h3-6,17H,1-2H2,(H2,23,24,25)(H3,11,13,14,18)(H3,15,19,20,21,22)/t4-,5+,6+/m0/s1. The monoisotopic (exact) mass is 506 g/mol. The van der Waals surface area contributed by atoms with Gasteiger partial charge in [0, 0.05) is 6.42 Å². The van der Waals surface area contributed by atoms with E-state index in [-0.39, 0.29) is 23.5 Å². The Morgan fingerprint density at radius 3 is 2.61 bits per heavy atom. The normalized spacial score (nSPS) is 26.0. The molecule has 21 heteroatoms. The van der Waals surface area contributed by atoms with E-state index in [0.29, 0.717) is 0 Å². The Morgan fingerprint density at radius 1 is 1.29 bits per heavy atom. The Bertz CT molecular complexity index is 1180. The van der Waals surface area contributed by atoms with Crippen molar-refractivity contribution in [2.75, 3.05) is 12.3 Å². The van der Waals surface area contributed by atoms with Crippen LogP contribution in [0.1, 0.15) is 12.6 Å². The molecular formula is C10H17N6O12P3. The zero-order valence-electron chi connectivity index (χ0n) is 15.1. The van der Waals surface area contributed by atoms with Crippen LogP contribution in [0.3, 0.4) is 0 Å². The van der Waals surface area contributed by atoms with Gasteiger partial charge in [-0.25, -0.2) is 18.7 Å². The molecule has 0 aromatic carbocycles. The number of aromatic nitrogens is 4. The molecule has 1 fully saturated rings. The van der Waals surface area contributed by atoms with E-state index in [1.807, 2.05) is 0 Å². The molecule has 0 radical (unpaired) electrons. The van der Waals surface area contributed by atoms with Crippen LogP contribution in [0.25, 0.3) is 11.2 Å². The van der Waals surface area contributed by atoms with Crippen molar-refractivity contribution >= 4 is 40.4 Å². The summed E-state index contributed by atoms with van der Waals surface area (Å²) in [5, 5.41) is 10.1. The summed E-state index contributed by atoms with van der Waals surface area (Å²) in [6.45, 7) is -0.781. The molecule has 2 aromatic heterocycles. The molecule has 1 aliphatic heterocycles. The van der Waals surface area contributed by atoms with Crippen LogP contribution in [-0.2, 0) is 27.3 Å². The molecule has 1 saturated heterocycles. The van der Waals surface area contributed by atoms with Crippen LogP contribution in [0.2, 0.25) is 0 Å². The van der Waals surface area contributed by atoms with Gasteiger partial charge in [0.25, 0.3) is 5.56 Å². The lowest BCUT2D eigenvalue weighted by atomic mass is 10.2. The first-order valence-electron chi connectivity index (χ1n) is 8.08. The highest BCUT2D eigenvalue weighted by Gasteiger charge is 2.41. The first kappa shape index (κ1) is 24.1. The number of hydrogen-bond donors (Lipinski definition) is 8. The summed E-state index contributed by atoms with van der Waals surface area (Å²) >= 11 is 0. The predicted octanol–water partition coefficient (Wildman–Crippen LogP) is -1.73. The maximum atomic E-state index is 11.9. The summed E-state index contributed by atoms with van der Waals surface area (Å²) in [6, 6.07) is 0. The smallest absolute Gasteiger partial charge is 0.390 e. The Kier molecular flexibility index (Phi) is 6.57. The lowest BCUT2D eigenvalue weighted by Gasteiger charge is -2.20. The van der Waals surface area contributed by atoms with Crippen molar-refractivity contribution in [2.45, 2.75) is 24.9 Å². The van der Waals surface area contributed by atoms with Gasteiger partial charge in [0.2, 0.25) is 5.95 Å². The molecule has 5 atom stereocenters. The number of aliphatic hydroxyl groups is 1. The molecule has 174 valence electrons. The van der Waals surface area contributed by atoms with Crippen LogP contribution >= 0.6 is 23.3 Å². The quantitative estimate of drug-likeness (QED) is 0.185. The molecule has 0 spiro atoms. The van der Waals surface area contributed by atoms with Gasteiger partial charge in [0.15, 0.2) is 11.2 Å². The summed E-state index contributed by atoms with van der Waals surface area (Å²) in [5.74, 6) is -0.184. The average Bonchev–Trinajstić information content (AvgIpc) is 3.13. The number of anilines is 1. The number of nitrogens with one attached hydrogen (secondary N) is 2. The fraction of sp³-hybridized carbons (Fsp3) is 0.500. The fourth-order valence-electron chi connectivity index (χ4n) is 2.72. The molecule has 9 N–H and O–H groups in total. The number of ether oxygens (including phenoxy) is 1. The molecule has 0 amide bonds. The third-order valence-corrected chi connectivity index (χ3v) is 8.11. The minimum atomic E-state index is -5.46. The maximum Gasteiger partial charge on any atom is 0.477 e. The predicted molar refractivity (Wildman–Crippen MR) is 99.0 cm³/mol. The first-order chi connectivity index (χ1) is 14.2. The Morgan fingerprint density at radius 2 is 1.97 bits per heavy atom. The second-order valence-electron chi connectivity index (χ2n) is 6.22. The van der Waals surface area contributed by atoms with Crippen molar-refractivity contribution in [1.29, 1.82) is 0 Å². The van der Waals surface area contributed by atoms with Crippen LogP contribution in [0.15, 0.2) is 11.1 Å². The molecule has 2 aromatic rings. The average molecular weight is 506 g/mol. The van der Waals surface area contributed by atoms with E-state index < -0.39 is 53.9 Å². The summed E-state index contributed by atoms with van der Waals surface area (Å²) in [7, 11) is -16.0. The lowest BCUT2D eigenvalue weighted by Crippen LogP contribution is -2.27. The number of aliphatic hydroxyl groups excluding tert-OH is 1. The number of fused-ring (bicyclic) bond motifs is 1. The molecule has 0 saturated carbocycles. The highest BCUT2D eigenvalue weighted by Crippen LogP contribution is 2.60. The van der Waals surface area contributed by atoms with Crippen LogP contribution < -0.4 is 16.2 Å². The number of phosphoric acid groups is 1.